The van der Waals surface area contributed by atoms with Gasteiger partial charge in [0.2, 0.25) is 0 Å². The van der Waals surface area contributed by atoms with Crippen molar-refractivity contribution in [3.8, 4) is 0 Å². The molecule has 3 atom stereocenters. The molecule has 1 unspecified atom stereocenters. The Morgan fingerprint density at radius 3 is 2.94 bits per heavy atom. The number of aromatic nitrogens is 2. The summed E-state index contributed by atoms with van der Waals surface area (Å²) < 4.78 is 19.6. The molecule has 0 spiro atoms. The molecule has 0 aromatic carbocycles. The first-order chi connectivity index (χ1) is 7.61. The number of hydrogen-bond acceptors (Lipinski definition) is 4. The first-order valence-corrected chi connectivity index (χ1v) is 4.83. The highest BCUT2D eigenvalue weighted by Gasteiger charge is 2.36. The van der Waals surface area contributed by atoms with Gasteiger partial charge in [-0.05, 0) is 0 Å². The van der Waals surface area contributed by atoms with Gasteiger partial charge in [-0.15, -0.1) is 0 Å². The van der Waals surface area contributed by atoms with Crippen LogP contribution >= 0.6 is 0 Å². The lowest BCUT2D eigenvalue weighted by molar-refractivity contribution is -0.0394. The van der Waals surface area contributed by atoms with E-state index in [-0.39, 0.29) is 13.0 Å². The third kappa shape index (κ3) is 1.91. The van der Waals surface area contributed by atoms with Crippen molar-refractivity contribution < 1.29 is 14.2 Å². The number of aromatic amines is 1. The third-order valence-electron chi connectivity index (χ3n) is 2.46. The van der Waals surface area contributed by atoms with Crippen molar-refractivity contribution in [2.24, 2.45) is 0 Å². The summed E-state index contributed by atoms with van der Waals surface area (Å²) in [6.07, 6.45) is -1.86. The fraction of sp³-hybridized carbons (Fsp3) is 0.556. The molecule has 1 aliphatic rings. The van der Waals surface area contributed by atoms with E-state index in [0.29, 0.717) is 0 Å². The average Bonchev–Trinajstić information content (AvgIpc) is 2.60. The SMILES string of the molecule is O=c1ccn([C@H]2O[C@@H](CO)CC2F)c(=O)[nH]1. The zero-order valence-electron chi connectivity index (χ0n) is 8.30. The Balaban J connectivity index is 2.31. The Bertz CT molecular complexity index is 483. The Kier molecular flexibility index (Phi) is 2.88. The van der Waals surface area contributed by atoms with Gasteiger partial charge in [0.15, 0.2) is 6.23 Å². The number of nitrogens with one attached hydrogen (secondary N) is 1. The minimum atomic E-state index is -1.37. The van der Waals surface area contributed by atoms with E-state index < -0.39 is 29.8 Å². The molecule has 1 aromatic heterocycles. The zero-order valence-corrected chi connectivity index (χ0v) is 8.30. The molecule has 0 aliphatic carbocycles. The largest absolute Gasteiger partial charge is 0.394 e. The number of aliphatic hydroxyl groups excluding tert-OH is 1. The number of halogens is 1. The maximum atomic E-state index is 13.5. The zero-order chi connectivity index (χ0) is 11.7. The van der Waals surface area contributed by atoms with Crippen LogP contribution in [0.2, 0.25) is 0 Å². The van der Waals surface area contributed by atoms with Gasteiger partial charge >= 0.3 is 5.69 Å². The van der Waals surface area contributed by atoms with Gasteiger partial charge in [0.05, 0.1) is 12.7 Å². The molecule has 0 saturated carbocycles. The summed E-state index contributed by atoms with van der Waals surface area (Å²) in [6, 6.07) is 1.11. The molecule has 16 heavy (non-hydrogen) atoms. The van der Waals surface area contributed by atoms with E-state index in [9.17, 15) is 14.0 Å². The van der Waals surface area contributed by atoms with E-state index in [1.807, 2.05) is 4.98 Å². The molecule has 0 amide bonds. The molecule has 2 rings (SSSR count). The van der Waals surface area contributed by atoms with Crippen molar-refractivity contribution in [2.75, 3.05) is 6.61 Å². The number of nitrogens with zero attached hydrogens (tertiary/aromatic N) is 1. The summed E-state index contributed by atoms with van der Waals surface area (Å²) in [7, 11) is 0. The highest BCUT2D eigenvalue weighted by atomic mass is 19.1. The van der Waals surface area contributed by atoms with Gasteiger partial charge in [-0.2, -0.15) is 0 Å². The fourth-order valence-corrected chi connectivity index (χ4v) is 1.69. The number of alkyl halides is 1. The monoisotopic (exact) mass is 230 g/mol. The maximum Gasteiger partial charge on any atom is 0.330 e. The quantitative estimate of drug-likeness (QED) is 0.693. The molecule has 6 nitrogen and oxygen atoms in total. The number of rotatable bonds is 2. The minimum absolute atomic E-state index is 0.0345. The second kappa shape index (κ2) is 4.18. The lowest BCUT2D eigenvalue weighted by atomic mass is 10.2. The average molecular weight is 230 g/mol. The summed E-state index contributed by atoms with van der Waals surface area (Å²) >= 11 is 0. The Hall–Kier alpha value is -1.47. The number of aliphatic hydroxyl groups is 1. The molecule has 7 heteroatoms. The first kappa shape index (κ1) is 11.0. The van der Waals surface area contributed by atoms with Crippen LogP contribution in [0, 0.1) is 0 Å². The van der Waals surface area contributed by atoms with Crippen molar-refractivity contribution in [3.63, 3.8) is 0 Å². The van der Waals surface area contributed by atoms with Crippen molar-refractivity contribution in [2.45, 2.75) is 24.9 Å². The number of hydrogen-bond donors (Lipinski definition) is 2. The van der Waals surface area contributed by atoms with Crippen LogP contribution in [-0.4, -0.2) is 33.5 Å². The lowest BCUT2D eigenvalue weighted by Crippen LogP contribution is -2.34. The molecule has 88 valence electrons. The second-order valence-corrected chi connectivity index (χ2v) is 3.60. The van der Waals surface area contributed by atoms with Gasteiger partial charge in [0.1, 0.15) is 6.17 Å². The van der Waals surface area contributed by atoms with Crippen LogP contribution in [-0.2, 0) is 4.74 Å². The van der Waals surface area contributed by atoms with E-state index in [1.54, 1.807) is 0 Å². The van der Waals surface area contributed by atoms with Crippen molar-refractivity contribution >= 4 is 0 Å². The van der Waals surface area contributed by atoms with Crippen LogP contribution in [0.5, 0.6) is 0 Å². The Morgan fingerprint density at radius 2 is 2.38 bits per heavy atom. The van der Waals surface area contributed by atoms with Crippen molar-refractivity contribution in [3.05, 3.63) is 33.1 Å². The van der Waals surface area contributed by atoms with Gasteiger partial charge in [-0.3, -0.25) is 14.3 Å². The summed E-state index contributed by atoms with van der Waals surface area (Å²) in [5.41, 5.74) is -1.27. The van der Waals surface area contributed by atoms with E-state index in [1.165, 1.54) is 6.20 Å². The first-order valence-electron chi connectivity index (χ1n) is 4.83. The maximum absolute atomic E-state index is 13.5. The molecule has 1 saturated heterocycles. The summed E-state index contributed by atoms with van der Waals surface area (Å²) in [5, 5.41) is 8.83. The Morgan fingerprint density at radius 1 is 1.62 bits per heavy atom. The minimum Gasteiger partial charge on any atom is -0.394 e. The molecule has 1 aliphatic heterocycles. The van der Waals surface area contributed by atoms with Crippen LogP contribution in [0.15, 0.2) is 21.9 Å². The predicted molar refractivity (Wildman–Crippen MR) is 51.8 cm³/mol. The second-order valence-electron chi connectivity index (χ2n) is 3.60. The molecule has 2 heterocycles. The number of H-pyrrole nitrogens is 1. The van der Waals surface area contributed by atoms with Crippen LogP contribution in [0.4, 0.5) is 4.39 Å². The van der Waals surface area contributed by atoms with E-state index in [0.717, 1.165) is 10.6 Å². The molecule has 0 bridgehead atoms. The lowest BCUT2D eigenvalue weighted by Gasteiger charge is -2.15. The van der Waals surface area contributed by atoms with Gasteiger partial charge in [-0.1, -0.05) is 0 Å². The fourth-order valence-electron chi connectivity index (χ4n) is 1.69. The van der Waals surface area contributed by atoms with E-state index in [2.05, 4.69) is 0 Å². The van der Waals surface area contributed by atoms with Crippen LogP contribution in [0.1, 0.15) is 12.6 Å². The van der Waals surface area contributed by atoms with Gasteiger partial charge < -0.3 is 9.84 Å². The van der Waals surface area contributed by atoms with Gasteiger partial charge in [0.25, 0.3) is 5.56 Å². The highest BCUT2D eigenvalue weighted by Crippen LogP contribution is 2.29. The molecular formula is C9H11FN2O4. The molecule has 0 radical (unpaired) electrons. The van der Waals surface area contributed by atoms with Crippen LogP contribution < -0.4 is 11.2 Å². The predicted octanol–water partition coefficient (Wildman–Crippen LogP) is -0.846. The van der Waals surface area contributed by atoms with Crippen LogP contribution in [0.25, 0.3) is 0 Å². The molecule has 1 fully saturated rings. The topological polar surface area (TPSA) is 84.3 Å². The summed E-state index contributed by atoms with van der Waals surface area (Å²) in [4.78, 5) is 24.2. The number of ether oxygens (including phenoxy) is 1. The van der Waals surface area contributed by atoms with Crippen molar-refractivity contribution in [1.29, 1.82) is 0 Å². The molecular weight excluding hydrogens is 219 g/mol. The normalized spacial score (nSPS) is 29.5. The van der Waals surface area contributed by atoms with Gasteiger partial charge in [-0.25, -0.2) is 9.18 Å². The Labute approximate surface area is 89.3 Å². The standard InChI is InChI=1S/C9H11FN2O4/c10-6-3-5(4-13)16-8(6)12-2-1-7(14)11-9(12)15/h1-2,5-6,8,13H,3-4H2,(H,11,14,15)/t5-,6?,8+/m1/s1. The van der Waals surface area contributed by atoms with E-state index >= 15 is 0 Å². The summed E-state index contributed by atoms with van der Waals surface area (Å²) in [6.45, 7) is -0.297. The van der Waals surface area contributed by atoms with Gasteiger partial charge in [0, 0.05) is 18.7 Å². The molecule has 2 N–H and O–H groups in total. The third-order valence-corrected chi connectivity index (χ3v) is 2.46. The smallest absolute Gasteiger partial charge is 0.330 e. The summed E-state index contributed by atoms with van der Waals surface area (Å²) in [5.74, 6) is 0. The molecule has 1 aromatic rings. The van der Waals surface area contributed by atoms with Crippen LogP contribution in [0.3, 0.4) is 0 Å². The van der Waals surface area contributed by atoms with Crippen molar-refractivity contribution in [1.82, 2.24) is 9.55 Å². The van der Waals surface area contributed by atoms with E-state index in [4.69, 9.17) is 9.84 Å². The highest BCUT2D eigenvalue weighted by molar-refractivity contribution is 4.88.